The van der Waals surface area contributed by atoms with Crippen molar-refractivity contribution in [3.8, 4) is 22.8 Å². The van der Waals surface area contributed by atoms with Crippen molar-refractivity contribution in [2.45, 2.75) is 32.7 Å². The molecular formula is C25H26ClN3O3. The summed E-state index contributed by atoms with van der Waals surface area (Å²) in [7, 11) is 0. The molecule has 0 radical (unpaired) electrons. The lowest BCUT2D eigenvalue weighted by Crippen LogP contribution is -2.29. The molecule has 7 heteroatoms. The molecule has 1 atom stereocenters. The molecule has 4 rings (SSSR count). The Hall–Kier alpha value is -3.25. The third-order valence-corrected chi connectivity index (χ3v) is 6.07. The standard InChI is InChI=1S/C25H26ClN3O3/c1-4-6-11-32-17-9-7-8-16(13-17)24-21-22(18-14-19(26)15(3)12-20(18)30)27-28-23(21)25(31)29(24)10-5-2/h5,7-9,12-14,24,30H,2,4,6,10-11H2,1,3H3,(H,27,28). The van der Waals surface area contributed by atoms with Gasteiger partial charge in [0.05, 0.1) is 12.6 Å². The molecule has 32 heavy (non-hydrogen) atoms. The van der Waals surface area contributed by atoms with E-state index in [9.17, 15) is 9.90 Å². The van der Waals surface area contributed by atoms with Crippen LogP contribution in [0.2, 0.25) is 5.02 Å². The molecule has 0 saturated heterocycles. The second-order valence-electron chi connectivity index (χ2n) is 7.90. The minimum Gasteiger partial charge on any atom is -0.507 e. The van der Waals surface area contributed by atoms with Crippen LogP contribution in [0.25, 0.3) is 11.3 Å². The zero-order valence-corrected chi connectivity index (χ0v) is 18.9. The molecule has 6 nitrogen and oxygen atoms in total. The Bertz CT molecular complexity index is 1170. The van der Waals surface area contributed by atoms with Crippen molar-refractivity contribution in [2.24, 2.45) is 0 Å². The smallest absolute Gasteiger partial charge is 0.273 e. The van der Waals surface area contributed by atoms with Crippen LogP contribution < -0.4 is 4.74 Å². The summed E-state index contributed by atoms with van der Waals surface area (Å²) in [5.74, 6) is 0.645. The van der Waals surface area contributed by atoms with Gasteiger partial charge in [-0.15, -0.1) is 6.58 Å². The number of H-pyrrole nitrogens is 1. The van der Waals surface area contributed by atoms with Gasteiger partial charge < -0.3 is 14.7 Å². The third kappa shape index (κ3) is 3.86. The topological polar surface area (TPSA) is 78.5 Å². The van der Waals surface area contributed by atoms with Crippen molar-refractivity contribution < 1.29 is 14.6 Å². The third-order valence-electron chi connectivity index (χ3n) is 5.66. The maximum atomic E-state index is 13.2. The van der Waals surface area contributed by atoms with E-state index in [2.05, 4.69) is 23.7 Å². The number of hydrogen-bond donors (Lipinski definition) is 2. The van der Waals surface area contributed by atoms with Crippen molar-refractivity contribution in [1.82, 2.24) is 15.1 Å². The van der Waals surface area contributed by atoms with E-state index >= 15 is 0 Å². The van der Waals surface area contributed by atoms with Crippen LogP contribution in [0.5, 0.6) is 11.5 Å². The Balaban J connectivity index is 1.83. The molecule has 0 fully saturated rings. The zero-order valence-electron chi connectivity index (χ0n) is 18.2. The first kappa shape index (κ1) is 22.0. The fourth-order valence-corrected chi connectivity index (χ4v) is 4.20. The number of carbonyl (C=O) groups is 1. The van der Waals surface area contributed by atoms with Crippen LogP contribution in [0.3, 0.4) is 0 Å². The van der Waals surface area contributed by atoms with E-state index in [1.54, 1.807) is 23.1 Å². The maximum absolute atomic E-state index is 13.2. The summed E-state index contributed by atoms with van der Waals surface area (Å²) in [5, 5.41) is 18.4. The Labute approximate surface area is 192 Å². The molecule has 0 saturated carbocycles. The highest BCUT2D eigenvalue weighted by molar-refractivity contribution is 6.31. The number of nitrogens with one attached hydrogen (secondary N) is 1. The van der Waals surface area contributed by atoms with Crippen LogP contribution in [-0.2, 0) is 0 Å². The molecule has 2 heterocycles. The molecule has 3 aromatic rings. The monoisotopic (exact) mass is 451 g/mol. The van der Waals surface area contributed by atoms with E-state index in [0.717, 1.165) is 29.7 Å². The van der Waals surface area contributed by atoms with E-state index in [1.807, 2.05) is 31.2 Å². The van der Waals surface area contributed by atoms with E-state index < -0.39 is 6.04 Å². The fourth-order valence-electron chi connectivity index (χ4n) is 4.04. The minimum absolute atomic E-state index is 0.0613. The number of aryl methyl sites for hydroxylation is 1. The Morgan fingerprint density at radius 2 is 2.16 bits per heavy atom. The fraction of sp³-hybridized carbons (Fsp3) is 0.280. The number of aromatic nitrogens is 2. The summed E-state index contributed by atoms with van der Waals surface area (Å²) in [6.07, 6.45) is 3.72. The normalized spacial score (nSPS) is 15.2. The number of aromatic amines is 1. The molecule has 1 unspecified atom stereocenters. The summed E-state index contributed by atoms with van der Waals surface area (Å²) in [6, 6.07) is 10.6. The molecule has 2 aromatic carbocycles. The predicted molar refractivity (Wildman–Crippen MR) is 125 cm³/mol. The molecule has 0 bridgehead atoms. The molecule has 1 amide bonds. The summed E-state index contributed by atoms with van der Waals surface area (Å²) >= 11 is 6.34. The number of fused-ring (bicyclic) bond motifs is 1. The van der Waals surface area contributed by atoms with Crippen molar-refractivity contribution in [3.63, 3.8) is 0 Å². The average molecular weight is 452 g/mol. The molecule has 1 aromatic heterocycles. The molecule has 2 N–H and O–H groups in total. The number of halogens is 1. The molecule has 166 valence electrons. The van der Waals surface area contributed by atoms with E-state index in [-0.39, 0.29) is 11.7 Å². The van der Waals surface area contributed by atoms with Gasteiger partial charge in [0.2, 0.25) is 0 Å². The van der Waals surface area contributed by atoms with Crippen LogP contribution >= 0.6 is 11.6 Å². The highest BCUT2D eigenvalue weighted by Gasteiger charge is 2.42. The zero-order chi connectivity index (χ0) is 22.8. The van der Waals surface area contributed by atoms with Crippen molar-refractivity contribution in [2.75, 3.05) is 13.2 Å². The summed E-state index contributed by atoms with van der Waals surface area (Å²) in [4.78, 5) is 14.9. The summed E-state index contributed by atoms with van der Waals surface area (Å²) < 4.78 is 5.90. The predicted octanol–water partition coefficient (Wildman–Crippen LogP) is 5.65. The number of ether oxygens (including phenoxy) is 1. The molecular weight excluding hydrogens is 426 g/mol. The largest absolute Gasteiger partial charge is 0.507 e. The van der Waals surface area contributed by atoms with Gasteiger partial charge >= 0.3 is 0 Å². The number of hydrogen-bond acceptors (Lipinski definition) is 4. The number of phenolic OH excluding ortho intramolecular Hbond substituents is 1. The summed E-state index contributed by atoms with van der Waals surface area (Å²) in [5.41, 5.74) is 3.75. The average Bonchev–Trinajstić information content (AvgIpc) is 3.31. The van der Waals surface area contributed by atoms with Crippen molar-refractivity contribution in [1.29, 1.82) is 0 Å². The SMILES string of the molecule is C=CCN1C(=O)c2[nH]nc(-c3cc(Cl)c(C)cc3O)c2C1c1cccc(OCCCC)c1. The van der Waals surface area contributed by atoms with E-state index in [4.69, 9.17) is 16.3 Å². The first-order chi connectivity index (χ1) is 15.5. The van der Waals surface area contributed by atoms with Gasteiger partial charge in [-0.05, 0) is 48.7 Å². The number of amides is 1. The van der Waals surface area contributed by atoms with Crippen LogP contribution in [0.15, 0.2) is 49.1 Å². The van der Waals surface area contributed by atoms with Gasteiger partial charge in [0.1, 0.15) is 22.9 Å². The lowest BCUT2D eigenvalue weighted by Gasteiger charge is -2.25. The minimum atomic E-state index is -0.404. The number of unbranched alkanes of at least 4 members (excludes halogenated alkanes) is 1. The van der Waals surface area contributed by atoms with Gasteiger partial charge in [-0.1, -0.05) is 43.2 Å². The number of nitrogens with zero attached hydrogens (tertiary/aromatic N) is 2. The molecule has 1 aliphatic rings. The van der Waals surface area contributed by atoms with Gasteiger partial charge in [-0.25, -0.2) is 0 Å². The Kier molecular flexibility index (Phi) is 6.24. The quantitative estimate of drug-likeness (QED) is 0.342. The number of rotatable bonds is 8. The first-order valence-corrected chi connectivity index (χ1v) is 11.1. The van der Waals surface area contributed by atoms with Gasteiger partial charge in [0, 0.05) is 22.7 Å². The van der Waals surface area contributed by atoms with Crippen LogP contribution in [-0.4, -0.2) is 39.3 Å². The lowest BCUT2D eigenvalue weighted by molar-refractivity contribution is 0.0764. The second kappa shape index (κ2) is 9.09. The highest BCUT2D eigenvalue weighted by atomic mass is 35.5. The van der Waals surface area contributed by atoms with Gasteiger partial charge in [0.15, 0.2) is 0 Å². The van der Waals surface area contributed by atoms with E-state index in [0.29, 0.717) is 40.7 Å². The number of aromatic hydroxyl groups is 1. The van der Waals surface area contributed by atoms with Crippen LogP contribution in [0.1, 0.15) is 53.0 Å². The molecule has 0 spiro atoms. The van der Waals surface area contributed by atoms with Gasteiger partial charge in [0.25, 0.3) is 5.91 Å². The van der Waals surface area contributed by atoms with Crippen LogP contribution in [0.4, 0.5) is 0 Å². The first-order valence-electron chi connectivity index (χ1n) is 10.7. The van der Waals surface area contributed by atoms with Crippen molar-refractivity contribution >= 4 is 17.5 Å². The number of carbonyl (C=O) groups excluding carboxylic acids is 1. The number of benzene rings is 2. The molecule has 1 aliphatic heterocycles. The lowest BCUT2D eigenvalue weighted by atomic mass is 9.95. The number of phenols is 1. The van der Waals surface area contributed by atoms with Gasteiger partial charge in [-0.2, -0.15) is 5.10 Å². The Morgan fingerprint density at radius 1 is 1.34 bits per heavy atom. The second-order valence-corrected chi connectivity index (χ2v) is 8.31. The Morgan fingerprint density at radius 3 is 2.91 bits per heavy atom. The highest BCUT2D eigenvalue weighted by Crippen LogP contribution is 2.45. The summed E-state index contributed by atoms with van der Waals surface area (Å²) in [6.45, 7) is 8.76. The maximum Gasteiger partial charge on any atom is 0.273 e. The van der Waals surface area contributed by atoms with Crippen molar-refractivity contribution in [3.05, 3.63) is 76.5 Å². The van der Waals surface area contributed by atoms with Gasteiger partial charge in [-0.3, -0.25) is 9.89 Å². The van der Waals surface area contributed by atoms with Crippen LogP contribution in [0, 0.1) is 6.92 Å². The molecule has 0 aliphatic carbocycles. The van der Waals surface area contributed by atoms with E-state index in [1.165, 1.54) is 0 Å².